The Kier molecular flexibility index (Phi) is 7.31. The van der Waals surface area contributed by atoms with Crippen LogP contribution in [0.5, 0.6) is 5.75 Å². The van der Waals surface area contributed by atoms with Crippen LogP contribution in [0.15, 0.2) is 77.9 Å². The van der Waals surface area contributed by atoms with E-state index in [1.807, 2.05) is 48.5 Å². The summed E-state index contributed by atoms with van der Waals surface area (Å²) in [5, 5.41) is 12.9. The maximum absolute atomic E-state index is 12.0. The van der Waals surface area contributed by atoms with Crippen LogP contribution in [0, 0.1) is 11.3 Å². The van der Waals surface area contributed by atoms with E-state index in [1.54, 1.807) is 30.5 Å². The number of hydrogen-bond donors (Lipinski definition) is 1. The second kappa shape index (κ2) is 10.9. The fourth-order valence-electron chi connectivity index (χ4n) is 3.43. The Morgan fingerprint density at radius 2 is 1.64 bits per heavy atom. The Balaban J connectivity index is 1.23. The molecule has 1 amide bonds. The molecule has 3 aromatic carbocycles. The molecular formula is C26H24N4O3. The van der Waals surface area contributed by atoms with Gasteiger partial charge < -0.3 is 14.4 Å². The molecule has 33 heavy (non-hydrogen) atoms. The lowest BCUT2D eigenvalue weighted by molar-refractivity contribution is -0.123. The lowest BCUT2D eigenvalue weighted by atomic mass is 10.0. The predicted octanol–water partition coefficient (Wildman–Crippen LogP) is 3.59. The summed E-state index contributed by atoms with van der Waals surface area (Å²) in [6.45, 7) is 3.14. The number of nitrogens with zero attached hydrogens (tertiary/aromatic N) is 3. The minimum absolute atomic E-state index is 0.135. The molecule has 0 aliphatic carbocycles. The Hall–Kier alpha value is -4.15. The molecule has 1 heterocycles. The summed E-state index contributed by atoms with van der Waals surface area (Å²) in [5.41, 5.74) is 7.15. The molecule has 1 saturated heterocycles. The standard InChI is InChI=1S/C26H24N4O3/c27-17-20-1-5-22(6-2-20)23-7-11-25(12-8-23)33-19-26(31)29-28-18-21-3-9-24(10-4-21)30-13-15-32-16-14-30/h1-12,18H,13-16,19H2,(H,29,31). The van der Waals surface area contributed by atoms with Crippen LogP contribution in [0.2, 0.25) is 0 Å². The Bertz CT molecular complexity index is 1130. The fraction of sp³-hybridized carbons (Fsp3) is 0.192. The van der Waals surface area contributed by atoms with Gasteiger partial charge in [-0.2, -0.15) is 10.4 Å². The first-order valence-corrected chi connectivity index (χ1v) is 10.7. The van der Waals surface area contributed by atoms with E-state index in [4.69, 9.17) is 14.7 Å². The number of morpholine rings is 1. The van der Waals surface area contributed by atoms with E-state index in [9.17, 15) is 4.79 Å². The van der Waals surface area contributed by atoms with Crippen LogP contribution in [0.25, 0.3) is 11.1 Å². The molecule has 7 heteroatoms. The van der Waals surface area contributed by atoms with Crippen molar-refractivity contribution in [3.05, 3.63) is 83.9 Å². The molecule has 1 N–H and O–H groups in total. The first kappa shape index (κ1) is 22.1. The predicted molar refractivity (Wildman–Crippen MR) is 127 cm³/mol. The van der Waals surface area contributed by atoms with Gasteiger partial charge in [-0.15, -0.1) is 0 Å². The lowest BCUT2D eigenvalue weighted by Gasteiger charge is -2.28. The van der Waals surface area contributed by atoms with Crippen LogP contribution in [0.1, 0.15) is 11.1 Å². The van der Waals surface area contributed by atoms with Crippen LogP contribution < -0.4 is 15.1 Å². The van der Waals surface area contributed by atoms with E-state index in [1.165, 1.54) is 0 Å². The van der Waals surface area contributed by atoms with Gasteiger partial charge in [0, 0.05) is 18.8 Å². The number of anilines is 1. The fourth-order valence-corrected chi connectivity index (χ4v) is 3.43. The number of hydrogen-bond acceptors (Lipinski definition) is 6. The lowest BCUT2D eigenvalue weighted by Crippen LogP contribution is -2.36. The summed E-state index contributed by atoms with van der Waals surface area (Å²) in [4.78, 5) is 14.3. The maximum atomic E-state index is 12.0. The van der Waals surface area contributed by atoms with Crippen molar-refractivity contribution in [3.63, 3.8) is 0 Å². The highest BCUT2D eigenvalue weighted by Crippen LogP contribution is 2.22. The molecule has 0 radical (unpaired) electrons. The van der Waals surface area contributed by atoms with E-state index in [2.05, 4.69) is 21.5 Å². The van der Waals surface area contributed by atoms with Gasteiger partial charge in [0.15, 0.2) is 6.61 Å². The van der Waals surface area contributed by atoms with Crippen molar-refractivity contribution in [2.45, 2.75) is 0 Å². The second-order valence-electron chi connectivity index (χ2n) is 7.49. The Morgan fingerprint density at radius 3 is 2.27 bits per heavy atom. The van der Waals surface area contributed by atoms with Crippen molar-refractivity contribution >= 4 is 17.8 Å². The van der Waals surface area contributed by atoms with Gasteiger partial charge in [-0.1, -0.05) is 36.4 Å². The number of benzene rings is 3. The zero-order valence-electron chi connectivity index (χ0n) is 18.1. The Morgan fingerprint density at radius 1 is 1.00 bits per heavy atom. The van der Waals surface area contributed by atoms with Crippen molar-refractivity contribution in [1.82, 2.24) is 5.43 Å². The average molecular weight is 441 g/mol. The topological polar surface area (TPSA) is 86.9 Å². The number of ether oxygens (including phenoxy) is 2. The minimum atomic E-state index is -0.340. The van der Waals surface area contributed by atoms with E-state index < -0.39 is 0 Å². The van der Waals surface area contributed by atoms with E-state index in [0.29, 0.717) is 11.3 Å². The van der Waals surface area contributed by atoms with Crippen molar-refractivity contribution in [2.75, 3.05) is 37.8 Å². The summed E-state index contributed by atoms with van der Waals surface area (Å²) in [6, 6.07) is 24.9. The van der Waals surface area contributed by atoms with Crippen molar-refractivity contribution in [3.8, 4) is 22.9 Å². The van der Waals surface area contributed by atoms with Crippen LogP contribution >= 0.6 is 0 Å². The van der Waals surface area contributed by atoms with Crippen LogP contribution in [0.4, 0.5) is 5.69 Å². The normalized spacial score (nSPS) is 13.5. The molecule has 1 aliphatic heterocycles. The SMILES string of the molecule is N#Cc1ccc(-c2ccc(OCC(=O)NN=Cc3ccc(N4CCOCC4)cc3)cc2)cc1. The van der Waals surface area contributed by atoms with Gasteiger partial charge in [-0.25, -0.2) is 5.43 Å². The number of nitrogens with one attached hydrogen (secondary N) is 1. The van der Waals surface area contributed by atoms with Gasteiger partial charge in [0.05, 0.1) is 31.1 Å². The molecular weight excluding hydrogens is 416 g/mol. The van der Waals surface area contributed by atoms with Crippen LogP contribution in [-0.2, 0) is 9.53 Å². The third-order valence-electron chi connectivity index (χ3n) is 5.24. The third-order valence-corrected chi connectivity index (χ3v) is 5.24. The summed E-state index contributed by atoms with van der Waals surface area (Å²) < 4.78 is 10.9. The summed E-state index contributed by atoms with van der Waals surface area (Å²) >= 11 is 0. The average Bonchev–Trinajstić information content (AvgIpc) is 2.89. The number of amides is 1. The van der Waals surface area contributed by atoms with Gasteiger partial charge in [-0.3, -0.25) is 4.79 Å². The zero-order chi connectivity index (χ0) is 22.9. The molecule has 1 fully saturated rings. The maximum Gasteiger partial charge on any atom is 0.277 e. The number of hydrazone groups is 1. The zero-order valence-corrected chi connectivity index (χ0v) is 18.1. The van der Waals surface area contributed by atoms with Crippen LogP contribution in [-0.4, -0.2) is 45.0 Å². The number of carbonyl (C=O) groups excluding carboxylic acids is 1. The van der Waals surface area contributed by atoms with Gasteiger partial charge in [0.1, 0.15) is 5.75 Å². The third kappa shape index (κ3) is 6.19. The molecule has 0 bridgehead atoms. The number of rotatable bonds is 7. The highest BCUT2D eigenvalue weighted by atomic mass is 16.5. The first-order chi connectivity index (χ1) is 16.2. The van der Waals surface area contributed by atoms with Gasteiger partial charge in [0.25, 0.3) is 5.91 Å². The Labute approximate surface area is 192 Å². The van der Waals surface area contributed by atoms with E-state index >= 15 is 0 Å². The molecule has 166 valence electrons. The summed E-state index contributed by atoms with van der Waals surface area (Å²) in [6.07, 6.45) is 1.60. The molecule has 4 rings (SSSR count). The molecule has 0 spiro atoms. The molecule has 7 nitrogen and oxygen atoms in total. The molecule has 0 unspecified atom stereocenters. The largest absolute Gasteiger partial charge is 0.484 e. The monoisotopic (exact) mass is 440 g/mol. The van der Waals surface area contributed by atoms with E-state index in [0.717, 1.165) is 48.7 Å². The molecule has 0 saturated carbocycles. The molecule has 3 aromatic rings. The van der Waals surface area contributed by atoms with Crippen molar-refractivity contribution in [1.29, 1.82) is 5.26 Å². The smallest absolute Gasteiger partial charge is 0.277 e. The number of nitriles is 1. The summed E-state index contributed by atoms with van der Waals surface area (Å²) in [5.74, 6) is 0.248. The second-order valence-corrected chi connectivity index (χ2v) is 7.49. The van der Waals surface area contributed by atoms with Crippen molar-refractivity contribution < 1.29 is 14.3 Å². The molecule has 0 aromatic heterocycles. The van der Waals surface area contributed by atoms with Gasteiger partial charge in [0.2, 0.25) is 0 Å². The van der Waals surface area contributed by atoms with Gasteiger partial charge in [-0.05, 0) is 53.1 Å². The molecule has 1 aliphatic rings. The van der Waals surface area contributed by atoms with Crippen LogP contribution in [0.3, 0.4) is 0 Å². The first-order valence-electron chi connectivity index (χ1n) is 10.7. The minimum Gasteiger partial charge on any atom is -0.484 e. The quantitative estimate of drug-likeness (QED) is 0.448. The van der Waals surface area contributed by atoms with Crippen molar-refractivity contribution in [2.24, 2.45) is 5.10 Å². The number of carbonyl (C=O) groups is 1. The summed E-state index contributed by atoms with van der Waals surface area (Å²) in [7, 11) is 0. The highest BCUT2D eigenvalue weighted by molar-refractivity contribution is 5.83. The molecule has 0 atom stereocenters. The van der Waals surface area contributed by atoms with Gasteiger partial charge >= 0.3 is 0 Å². The highest BCUT2D eigenvalue weighted by Gasteiger charge is 2.10. The van der Waals surface area contributed by atoms with E-state index in [-0.39, 0.29) is 12.5 Å².